The molecular formula is C21H17F4N3O6S. The number of hydrogen-bond acceptors (Lipinski definition) is 7. The molecule has 2 aromatic carbocycles. The van der Waals surface area contributed by atoms with Gasteiger partial charge in [0.15, 0.2) is 18.1 Å². The number of sulfonamides is 1. The lowest BCUT2D eigenvalue weighted by molar-refractivity contribution is -0.153. The van der Waals surface area contributed by atoms with Gasteiger partial charge in [0.2, 0.25) is 15.7 Å². The number of aliphatic hydroxyl groups excluding tert-OH is 1. The third-order valence-corrected chi connectivity index (χ3v) is 6.93. The molecule has 3 rings (SSSR count). The normalized spacial score (nSPS) is 20.7. The summed E-state index contributed by atoms with van der Waals surface area (Å²) in [6.45, 7) is 2.92. The Labute approximate surface area is 197 Å². The maximum absolute atomic E-state index is 14.2. The molecule has 14 heteroatoms. The number of rotatable bonds is 7. The van der Waals surface area contributed by atoms with Crippen LogP contribution in [0.1, 0.15) is 5.56 Å². The first-order valence-electron chi connectivity index (χ1n) is 9.74. The van der Waals surface area contributed by atoms with Crippen LogP contribution in [0.25, 0.3) is 4.85 Å². The van der Waals surface area contributed by atoms with Crippen LogP contribution < -0.4 is 9.47 Å². The third kappa shape index (κ3) is 5.63. The van der Waals surface area contributed by atoms with E-state index in [0.29, 0.717) is 12.1 Å². The molecule has 1 fully saturated rings. The van der Waals surface area contributed by atoms with Gasteiger partial charge in [-0.15, -0.1) is 0 Å². The first-order valence-corrected chi connectivity index (χ1v) is 11.2. The maximum Gasteiger partial charge on any atom is 0.422 e. The number of nitrogens with zero attached hydrogens (tertiary/aromatic N) is 3. The number of aliphatic hydroxyl groups is 2. The molecule has 2 atom stereocenters. The summed E-state index contributed by atoms with van der Waals surface area (Å²) in [5.74, 6) is -2.45. The van der Waals surface area contributed by atoms with E-state index in [-0.39, 0.29) is 10.5 Å². The van der Waals surface area contributed by atoms with Crippen molar-refractivity contribution in [3.63, 3.8) is 0 Å². The van der Waals surface area contributed by atoms with Gasteiger partial charge in [0.1, 0.15) is 17.5 Å². The molecule has 0 bridgehead atoms. The van der Waals surface area contributed by atoms with E-state index in [4.69, 9.17) is 16.6 Å². The van der Waals surface area contributed by atoms with Gasteiger partial charge in [0, 0.05) is 12.6 Å². The van der Waals surface area contributed by atoms with Crippen LogP contribution in [0.5, 0.6) is 11.5 Å². The van der Waals surface area contributed by atoms with Crippen molar-refractivity contribution in [2.45, 2.75) is 22.8 Å². The highest BCUT2D eigenvalue weighted by molar-refractivity contribution is 7.89. The Kier molecular flexibility index (Phi) is 7.23. The highest BCUT2D eigenvalue weighted by atomic mass is 32.2. The molecule has 1 heterocycles. The molecule has 1 aliphatic heterocycles. The minimum Gasteiger partial charge on any atom is -0.482 e. The zero-order chi connectivity index (χ0) is 26.0. The molecule has 1 saturated heterocycles. The zero-order valence-corrected chi connectivity index (χ0v) is 18.5. The van der Waals surface area contributed by atoms with Crippen molar-refractivity contribution in [2.24, 2.45) is 0 Å². The van der Waals surface area contributed by atoms with Crippen molar-refractivity contribution in [1.29, 1.82) is 5.26 Å². The summed E-state index contributed by atoms with van der Waals surface area (Å²) in [4.78, 5) is 2.62. The summed E-state index contributed by atoms with van der Waals surface area (Å²) < 4.78 is 89.0. The topological polar surface area (TPSA) is 124 Å². The Hall–Kier alpha value is -3.43. The summed E-state index contributed by atoms with van der Waals surface area (Å²) in [5.41, 5.74) is -2.66. The number of β-amino-alcohol motifs (C(OH)–C–C–N with tert-alkyl or cyclic N) is 1. The van der Waals surface area contributed by atoms with Crippen molar-refractivity contribution in [2.75, 3.05) is 26.3 Å². The second kappa shape index (κ2) is 9.67. The second-order valence-electron chi connectivity index (χ2n) is 7.57. The zero-order valence-electron chi connectivity index (χ0n) is 17.7. The maximum atomic E-state index is 14.2. The highest BCUT2D eigenvalue weighted by Gasteiger charge is 2.51. The predicted octanol–water partition coefficient (Wildman–Crippen LogP) is 2.36. The van der Waals surface area contributed by atoms with Gasteiger partial charge in [-0.25, -0.2) is 17.7 Å². The monoisotopic (exact) mass is 515 g/mol. The lowest BCUT2D eigenvalue weighted by Gasteiger charge is -2.28. The fourth-order valence-electron chi connectivity index (χ4n) is 3.29. The molecule has 1 aliphatic rings. The van der Waals surface area contributed by atoms with Crippen LogP contribution in [0.4, 0.5) is 23.2 Å². The Morgan fingerprint density at radius 2 is 1.91 bits per heavy atom. The van der Waals surface area contributed by atoms with Crippen LogP contribution in [-0.4, -0.2) is 67.1 Å². The first kappa shape index (κ1) is 26.2. The fraction of sp³-hybridized carbons (Fsp3) is 0.333. The van der Waals surface area contributed by atoms with E-state index >= 15 is 0 Å². The van der Waals surface area contributed by atoms with Crippen LogP contribution in [0.2, 0.25) is 0 Å². The Bertz CT molecular complexity index is 1290. The van der Waals surface area contributed by atoms with Gasteiger partial charge in [-0.1, -0.05) is 0 Å². The van der Waals surface area contributed by atoms with Gasteiger partial charge < -0.3 is 19.7 Å². The van der Waals surface area contributed by atoms with Gasteiger partial charge in [-0.3, -0.25) is 0 Å². The van der Waals surface area contributed by atoms with Crippen molar-refractivity contribution < 1.29 is 45.7 Å². The molecule has 0 radical (unpaired) electrons. The summed E-state index contributed by atoms with van der Waals surface area (Å²) in [7, 11) is -4.25. The van der Waals surface area contributed by atoms with Gasteiger partial charge in [-0.2, -0.15) is 22.7 Å². The van der Waals surface area contributed by atoms with Gasteiger partial charge in [0.05, 0.1) is 36.3 Å². The number of halogens is 4. The van der Waals surface area contributed by atoms with Crippen molar-refractivity contribution in [1.82, 2.24) is 4.31 Å². The van der Waals surface area contributed by atoms with Gasteiger partial charge >= 0.3 is 6.18 Å². The van der Waals surface area contributed by atoms with E-state index < -0.39 is 77.2 Å². The molecule has 35 heavy (non-hydrogen) atoms. The molecule has 0 unspecified atom stereocenters. The van der Waals surface area contributed by atoms with E-state index in [1.54, 1.807) is 0 Å². The Balaban J connectivity index is 1.93. The predicted molar refractivity (Wildman–Crippen MR) is 111 cm³/mol. The minimum absolute atomic E-state index is 0.203. The molecule has 186 valence electrons. The molecule has 2 aromatic rings. The number of benzene rings is 2. The summed E-state index contributed by atoms with van der Waals surface area (Å²) in [6, 6.07) is 7.96. The SMILES string of the molecule is [C-]#[N+]c1cc(OCC(F)(F)F)c(O[C@H]2CN(S(=O)(=O)c3ccc(C#N)cc3)C[C@@]2(O)CO)cc1F. The molecular weight excluding hydrogens is 498 g/mol. The van der Waals surface area contributed by atoms with E-state index in [1.807, 2.05) is 6.07 Å². The van der Waals surface area contributed by atoms with Crippen molar-refractivity contribution in [3.8, 4) is 17.6 Å². The number of alkyl halides is 3. The lowest BCUT2D eigenvalue weighted by Crippen LogP contribution is -2.48. The van der Waals surface area contributed by atoms with Crippen LogP contribution in [-0.2, 0) is 10.0 Å². The third-order valence-electron chi connectivity index (χ3n) is 5.11. The molecule has 9 nitrogen and oxygen atoms in total. The average molecular weight is 515 g/mol. The minimum atomic E-state index is -4.77. The molecule has 0 saturated carbocycles. The summed E-state index contributed by atoms with van der Waals surface area (Å²) >= 11 is 0. The van der Waals surface area contributed by atoms with Crippen LogP contribution in [0.3, 0.4) is 0 Å². The molecule has 0 aliphatic carbocycles. The summed E-state index contributed by atoms with van der Waals surface area (Å²) in [5, 5.41) is 29.4. The highest BCUT2D eigenvalue weighted by Crippen LogP contribution is 2.38. The smallest absolute Gasteiger partial charge is 0.422 e. The van der Waals surface area contributed by atoms with Crippen molar-refractivity contribution >= 4 is 15.7 Å². The number of hydrogen-bond donors (Lipinski definition) is 2. The molecule has 2 N–H and O–H groups in total. The van der Waals surface area contributed by atoms with Crippen LogP contribution in [0, 0.1) is 23.7 Å². The standard InChI is InChI=1S/C21H17F4N3O6S/c1-27-16-7-17(33-12-21(23,24)25)18(6-15(16)22)34-19-9-28(10-20(19,30)11-29)35(31,32)14-4-2-13(8-26)3-5-14/h2-7,19,29-30H,9-12H2/t19-,20+/m0/s1. The van der Waals surface area contributed by atoms with E-state index in [2.05, 4.69) is 9.58 Å². The number of ether oxygens (including phenoxy) is 2. The van der Waals surface area contributed by atoms with Gasteiger partial charge in [0.25, 0.3) is 0 Å². The lowest BCUT2D eigenvalue weighted by atomic mass is 10.0. The van der Waals surface area contributed by atoms with Crippen LogP contribution >= 0.6 is 0 Å². The Morgan fingerprint density at radius 1 is 1.26 bits per heavy atom. The van der Waals surface area contributed by atoms with E-state index in [1.165, 1.54) is 24.3 Å². The largest absolute Gasteiger partial charge is 0.482 e. The van der Waals surface area contributed by atoms with Gasteiger partial charge in [-0.05, 0) is 30.3 Å². The quantitative estimate of drug-likeness (QED) is 0.429. The average Bonchev–Trinajstić information content (AvgIpc) is 3.15. The molecule has 0 amide bonds. The van der Waals surface area contributed by atoms with Crippen LogP contribution in [0.15, 0.2) is 41.3 Å². The molecule has 0 aromatic heterocycles. The summed E-state index contributed by atoms with van der Waals surface area (Å²) in [6.07, 6.45) is -6.32. The Morgan fingerprint density at radius 3 is 2.46 bits per heavy atom. The second-order valence-corrected chi connectivity index (χ2v) is 9.51. The van der Waals surface area contributed by atoms with Crippen molar-refractivity contribution in [3.05, 3.63) is 59.2 Å². The van der Waals surface area contributed by atoms with E-state index in [0.717, 1.165) is 4.31 Å². The number of nitriles is 1. The fourth-order valence-corrected chi connectivity index (χ4v) is 4.79. The van der Waals surface area contributed by atoms with E-state index in [9.17, 15) is 36.2 Å². The first-order chi connectivity index (χ1) is 16.3. The molecule has 0 spiro atoms.